The summed E-state index contributed by atoms with van der Waals surface area (Å²) in [5.41, 5.74) is 0. The van der Waals surface area contributed by atoms with Crippen molar-refractivity contribution >= 4 is 11.9 Å². The average molecular weight is 767 g/mol. The molecule has 0 amide bonds. The van der Waals surface area contributed by atoms with Crippen molar-refractivity contribution in [1.82, 2.24) is 0 Å². The van der Waals surface area contributed by atoms with Gasteiger partial charge in [0.2, 0.25) is 0 Å². The summed E-state index contributed by atoms with van der Waals surface area (Å²) >= 11 is 0. The molecule has 1 heterocycles. The molecule has 1 aliphatic heterocycles. The topological polar surface area (TPSA) is 152 Å². The molecule has 0 spiro atoms. The molecule has 314 valence electrons. The maximum Gasteiger partial charge on any atom is 0.306 e. The zero-order valence-electron chi connectivity index (χ0n) is 34.0. The van der Waals surface area contributed by atoms with Gasteiger partial charge in [0, 0.05) is 12.8 Å². The summed E-state index contributed by atoms with van der Waals surface area (Å²) in [6.45, 7) is 3.36. The zero-order chi connectivity index (χ0) is 39.5. The SMILES string of the molecule is CCCCCCC/C=C/CCCCCCCC(=O)OC[C@@H](CO[C@H]1O[C@@H](CO)[C@@H](O)C(O)C1O)OC(=O)CCCC/C=C/C/C=C/CCCCCCCC. The largest absolute Gasteiger partial charge is 0.462 e. The molecule has 0 aromatic carbocycles. The first kappa shape index (κ1) is 49.9. The van der Waals surface area contributed by atoms with E-state index in [1.54, 1.807) is 0 Å². The minimum Gasteiger partial charge on any atom is -0.462 e. The summed E-state index contributed by atoms with van der Waals surface area (Å²) in [5, 5.41) is 40.0. The standard InChI is InChI=1S/C44H78O10/c1-3-5-7-9-11-13-15-17-19-21-23-25-27-29-31-33-40(47)53-37(36-52-44-43(50)42(49)41(48)38(34-45)54-44)35-51-39(46)32-30-28-26-24-22-20-18-16-14-12-10-8-6-4-2/h16-19,23,25,37-38,41-45,48-50H,3-15,20-22,24,26-36H2,1-2H3/b18-16+,19-17+,25-23+/t37-,38-,41+,42?,43?,44-/m0/s1. The van der Waals surface area contributed by atoms with E-state index in [0.717, 1.165) is 57.8 Å². The predicted octanol–water partition coefficient (Wildman–Crippen LogP) is 8.72. The lowest BCUT2D eigenvalue weighted by atomic mass is 9.99. The van der Waals surface area contributed by atoms with Crippen LogP contribution >= 0.6 is 0 Å². The molecule has 1 saturated heterocycles. The van der Waals surface area contributed by atoms with Crippen LogP contribution < -0.4 is 0 Å². The van der Waals surface area contributed by atoms with Gasteiger partial charge in [0.1, 0.15) is 31.0 Å². The lowest BCUT2D eigenvalue weighted by Crippen LogP contribution is -2.59. The minimum atomic E-state index is -1.60. The van der Waals surface area contributed by atoms with Gasteiger partial charge < -0.3 is 39.4 Å². The third kappa shape index (κ3) is 26.7. The second-order valence-electron chi connectivity index (χ2n) is 14.8. The Bertz CT molecular complexity index is 980. The molecule has 0 saturated carbocycles. The zero-order valence-corrected chi connectivity index (χ0v) is 34.0. The van der Waals surface area contributed by atoms with Crippen LogP contribution in [0.4, 0.5) is 0 Å². The van der Waals surface area contributed by atoms with Crippen LogP contribution in [0.1, 0.15) is 174 Å². The fourth-order valence-electron chi connectivity index (χ4n) is 6.27. The molecule has 0 radical (unpaired) electrons. The highest BCUT2D eigenvalue weighted by molar-refractivity contribution is 5.70. The molecule has 1 fully saturated rings. The average Bonchev–Trinajstić information content (AvgIpc) is 3.17. The third-order valence-electron chi connectivity index (χ3n) is 9.75. The minimum absolute atomic E-state index is 0.186. The van der Waals surface area contributed by atoms with Gasteiger partial charge in [0.05, 0.1) is 13.2 Å². The molecule has 2 unspecified atom stereocenters. The van der Waals surface area contributed by atoms with E-state index in [1.807, 2.05) is 0 Å². The highest BCUT2D eigenvalue weighted by atomic mass is 16.7. The summed E-state index contributed by atoms with van der Waals surface area (Å²) < 4.78 is 22.1. The Balaban J connectivity index is 2.39. The van der Waals surface area contributed by atoms with Crippen molar-refractivity contribution in [3.63, 3.8) is 0 Å². The van der Waals surface area contributed by atoms with Crippen molar-refractivity contribution in [1.29, 1.82) is 0 Å². The molecule has 0 aromatic rings. The maximum atomic E-state index is 12.7. The van der Waals surface area contributed by atoms with Crippen LogP contribution in [-0.4, -0.2) is 89.0 Å². The number of esters is 2. The van der Waals surface area contributed by atoms with Crippen LogP contribution in [-0.2, 0) is 28.5 Å². The number of aliphatic hydroxyl groups is 4. The van der Waals surface area contributed by atoms with E-state index in [9.17, 15) is 30.0 Å². The van der Waals surface area contributed by atoms with E-state index in [-0.39, 0.29) is 26.1 Å². The number of allylic oxidation sites excluding steroid dienone is 6. The van der Waals surface area contributed by atoms with Crippen LogP contribution in [0, 0.1) is 0 Å². The van der Waals surface area contributed by atoms with E-state index in [2.05, 4.69) is 50.3 Å². The Morgan fingerprint density at radius 1 is 0.574 bits per heavy atom. The van der Waals surface area contributed by atoms with Crippen molar-refractivity contribution in [3.05, 3.63) is 36.5 Å². The number of rotatable bonds is 35. The summed E-state index contributed by atoms with van der Waals surface area (Å²) in [7, 11) is 0. The summed E-state index contributed by atoms with van der Waals surface area (Å²) in [6.07, 6.45) is 31.5. The Morgan fingerprint density at radius 2 is 1.04 bits per heavy atom. The Kier molecular flexibility index (Phi) is 32.7. The van der Waals surface area contributed by atoms with Gasteiger partial charge in [-0.15, -0.1) is 0 Å². The lowest BCUT2D eigenvalue weighted by Gasteiger charge is -2.39. The summed E-state index contributed by atoms with van der Waals surface area (Å²) in [6, 6.07) is 0. The van der Waals surface area contributed by atoms with Gasteiger partial charge in [-0.05, 0) is 70.6 Å². The second kappa shape index (κ2) is 35.3. The van der Waals surface area contributed by atoms with E-state index in [4.69, 9.17) is 18.9 Å². The number of hydrogen-bond donors (Lipinski definition) is 4. The van der Waals surface area contributed by atoms with Gasteiger partial charge in [-0.2, -0.15) is 0 Å². The van der Waals surface area contributed by atoms with Gasteiger partial charge in [0.25, 0.3) is 0 Å². The van der Waals surface area contributed by atoms with Crippen LogP contribution in [0.25, 0.3) is 0 Å². The fraction of sp³-hybridized carbons (Fsp3) is 0.818. The number of carbonyl (C=O) groups is 2. The molecular formula is C44H78O10. The van der Waals surface area contributed by atoms with E-state index in [0.29, 0.717) is 12.8 Å². The lowest BCUT2D eigenvalue weighted by molar-refractivity contribution is -0.305. The molecule has 0 bridgehead atoms. The monoisotopic (exact) mass is 767 g/mol. The molecule has 0 aromatic heterocycles. The van der Waals surface area contributed by atoms with Gasteiger partial charge >= 0.3 is 11.9 Å². The van der Waals surface area contributed by atoms with Crippen LogP contribution in [0.5, 0.6) is 0 Å². The fourth-order valence-corrected chi connectivity index (χ4v) is 6.27. The van der Waals surface area contributed by atoms with Crippen LogP contribution in [0.15, 0.2) is 36.5 Å². The molecule has 1 rings (SSSR count). The van der Waals surface area contributed by atoms with Crippen molar-refractivity contribution < 1.29 is 49.0 Å². The second-order valence-corrected chi connectivity index (χ2v) is 14.8. The number of aliphatic hydroxyl groups excluding tert-OH is 4. The molecule has 0 aliphatic carbocycles. The predicted molar refractivity (Wildman–Crippen MR) is 215 cm³/mol. The molecule has 6 atom stereocenters. The molecule has 4 N–H and O–H groups in total. The number of hydrogen-bond acceptors (Lipinski definition) is 10. The number of unbranched alkanes of at least 4 members (excludes halogenated alkanes) is 18. The van der Waals surface area contributed by atoms with Gasteiger partial charge in [-0.1, -0.05) is 127 Å². The third-order valence-corrected chi connectivity index (χ3v) is 9.75. The highest BCUT2D eigenvalue weighted by Gasteiger charge is 2.44. The summed E-state index contributed by atoms with van der Waals surface area (Å²) in [4.78, 5) is 25.2. The van der Waals surface area contributed by atoms with Gasteiger partial charge in [-0.3, -0.25) is 9.59 Å². The summed E-state index contributed by atoms with van der Waals surface area (Å²) in [5.74, 6) is -0.855. The van der Waals surface area contributed by atoms with E-state index >= 15 is 0 Å². The highest BCUT2D eigenvalue weighted by Crippen LogP contribution is 2.22. The van der Waals surface area contributed by atoms with Crippen molar-refractivity contribution in [3.8, 4) is 0 Å². The first-order chi connectivity index (χ1) is 26.3. The molecule has 10 heteroatoms. The maximum absolute atomic E-state index is 12.7. The van der Waals surface area contributed by atoms with Gasteiger partial charge in [-0.25, -0.2) is 0 Å². The van der Waals surface area contributed by atoms with Crippen molar-refractivity contribution in [2.45, 2.75) is 211 Å². The Labute approximate surface area is 327 Å². The molecule has 54 heavy (non-hydrogen) atoms. The number of ether oxygens (including phenoxy) is 4. The quantitative estimate of drug-likeness (QED) is 0.0280. The normalized spacial score (nSPS) is 21.0. The van der Waals surface area contributed by atoms with Crippen molar-refractivity contribution in [2.24, 2.45) is 0 Å². The van der Waals surface area contributed by atoms with Crippen LogP contribution in [0.3, 0.4) is 0 Å². The molecular weight excluding hydrogens is 688 g/mol. The molecule has 1 aliphatic rings. The Hall–Kier alpha value is -2.08. The van der Waals surface area contributed by atoms with Crippen molar-refractivity contribution in [2.75, 3.05) is 19.8 Å². The van der Waals surface area contributed by atoms with Crippen LogP contribution in [0.2, 0.25) is 0 Å². The van der Waals surface area contributed by atoms with E-state index < -0.39 is 55.4 Å². The molecule has 10 nitrogen and oxygen atoms in total. The van der Waals surface area contributed by atoms with Gasteiger partial charge in [0.15, 0.2) is 12.4 Å². The smallest absolute Gasteiger partial charge is 0.306 e. The first-order valence-corrected chi connectivity index (χ1v) is 21.6. The Morgan fingerprint density at radius 3 is 1.59 bits per heavy atom. The number of carbonyl (C=O) groups excluding carboxylic acids is 2. The first-order valence-electron chi connectivity index (χ1n) is 21.6. The van der Waals surface area contributed by atoms with E-state index in [1.165, 1.54) is 77.0 Å².